The lowest BCUT2D eigenvalue weighted by Gasteiger charge is -2.14. The molecule has 0 aliphatic carbocycles. The molecule has 0 saturated heterocycles. The van der Waals surface area contributed by atoms with Crippen molar-refractivity contribution in [2.75, 3.05) is 6.54 Å². The number of nitrogens with zero attached hydrogens (tertiary/aromatic N) is 1. The summed E-state index contributed by atoms with van der Waals surface area (Å²) in [7, 11) is 0. The topological polar surface area (TPSA) is 34.1 Å². The van der Waals surface area contributed by atoms with Crippen LogP contribution in [0.5, 0.6) is 11.6 Å². The predicted molar refractivity (Wildman–Crippen MR) is 87.2 cm³/mol. The van der Waals surface area contributed by atoms with Crippen molar-refractivity contribution in [2.24, 2.45) is 0 Å². The van der Waals surface area contributed by atoms with Crippen LogP contribution in [0, 0.1) is 6.92 Å². The Morgan fingerprint density at radius 1 is 1.29 bits per heavy atom. The number of pyridine rings is 1. The van der Waals surface area contributed by atoms with E-state index in [1.165, 1.54) is 0 Å². The fourth-order valence-electron chi connectivity index (χ4n) is 1.99. The van der Waals surface area contributed by atoms with Crippen LogP contribution in [0.3, 0.4) is 0 Å². The van der Waals surface area contributed by atoms with Gasteiger partial charge < -0.3 is 10.1 Å². The third-order valence-corrected chi connectivity index (χ3v) is 3.56. The Bertz CT molecular complexity index is 584. The van der Waals surface area contributed by atoms with Crippen LogP contribution < -0.4 is 10.1 Å². The van der Waals surface area contributed by atoms with Gasteiger partial charge in [0.1, 0.15) is 5.75 Å². The largest absolute Gasteiger partial charge is 0.437 e. The zero-order valence-electron chi connectivity index (χ0n) is 12.7. The number of hydrogen-bond acceptors (Lipinski definition) is 3. The van der Waals surface area contributed by atoms with E-state index >= 15 is 0 Å². The summed E-state index contributed by atoms with van der Waals surface area (Å²) in [4.78, 5) is 4.35. The molecule has 1 N–H and O–H groups in total. The summed E-state index contributed by atoms with van der Waals surface area (Å²) in [5.41, 5.74) is 2.25. The normalized spacial score (nSPS) is 12.2. The van der Waals surface area contributed by atoms with Gasteiger partial charge in [0.15, 0.2) is 0 Å². The highest BCUT2D eigenvalue weighted by molar-refractivity contribution is 6.32. The summed E-state index contributed by atoms with van der Waals surface area (Å²) >= 11 is 6.16. The van der Waals surface area contributed by atoms with E-state index in [0.717, 1.165) is 24.1 Å². The highest BCUT2D eigenvalue weighted by atomic mass is 35.5. The van der Waals surface area contributed by atoms with Gasteiger partial charge in [0.05, 0.1) is 5.02 Å². The Morgan fingerprint density at radius 2 is 2.10 bits per heavy atom. The molecule has 4 heteroatoms. The zero-order valence-corrected chi connectivity index (χ0v) is 13.4. The van der Waals surface area contributed by atoms with E-state index in [2.05, 4.69) is 24.1 Å². The van der Waals surface area contributed by atoms with Crippen LogP contribution in [-0.4, -0.2) is 11.5 Å². The molecule has 0 aliphatic rings. The third-order valence-electron chi connectivity index (χ3n) is 3.26. The highest BCUT2D eigenvalue weighted by Crippen LogP contribution is 2.29. The second-order valence-corrected chi connectivity index (χ2v) is 5.55. The molecule has 2 aromatic rings. The van der Waals surface area contributed by atoms with Crippen molar-refractivity contribution in [1.82, 2.24) is 10.3 Å². The average Bonchev–Trinajstić information content (AvgIpc) is 2.48. The van der Waals surface area contributed by atoms with Gasteiger partial charge in [-0.05, 0) is 50.1 Å². The number of halogens is 1. The maximum Gasteiger partial charge on any atom is 0.219 e. The number of rotatable bonds is 6. The standard InChI is InChI=1S/C17H21ClN2O/c1-4-9-19-13(3)14-6-8-17(20-11-14)21-16-7-5-12(2)10-15(16)18/h5-8,10-11,13,19H,4,9H2,1-3H3. The van der Waals surface area contributed by atoms with Crippen LogP contribution in [0.2, 0.25) is 5.02 Å². The summed E-state index contributed by atoms with van der Waals surface area (Å²) in [5, 5.41) is 4.03. The minimum atomic E-state index is 0.287. The first-order valence-electron chi connectivity index (χ1n) is 7.23. The lowest BCUT2D eigenvalue weighted by Crippen LogP contribution is -2.19. The maximum absolute atomic E-state index is 6.16. The molecule has 2 rings (SSSR count). The smallest absolute Gasteiger partial charge is 0.219 e. The second-order valence-electron chi connectivity index (χ2n) is 5.14. The van der Waals surface area contributed by atoms with Crippen LogP contribution in [0.4, 0.5) is 0 Å². The fourth-order valence-corrected chi connectivity index (χ4v) is 2.26. The zero-order chi connectivity index (χ0) is 15.2. The van der Waals surface area contributed by atoms with Crippen molar-refractivity contribution in [1.29, 1.82) is 0 Å². The van der Waals surface area contributed by atoms with Gasteiger partial charge in [-0.3, -0.25) is 0 Å². The van der Waals surface area contributed by atoms with Gasteiger partial charge in [-0.1, -0.05) is 30.7 Å². The summed E-state index contributed by atoms with van der Waals surface area (Å²) in [6.45, 7) is 7.27. The summed E-state index contributed by atoms with van der Waals surface area (Å²) < 4.78 is 5.72. The molecule has 0 aliphatic heterocycles. The third kappa shape index (κ3) is 4.45. The molecule has 0 bridgehead atoms. The first kappa shape index (κ1) is 15.8. The molecule has 0 spiro atoms. The van der Waals surface area contributed by atoms with Crippen molar-refractivity contribution >= 4 is 11.6 Å². The second kappa shape index (κ2) is 7.43. The van der Waals surface area contributed by atoms with E-state index in [4.69, 9.17) is 16.3 Å². The molecule has 0 radical (unpaired) electrons. The summed E-state index contributed by atoms with van der Waals surface area (Å²) in [6.07, 6.45) is 2.95. The number of aryl methyl sites for hydroxylation is 1. The van der Waals surface area contributed by atoms with Crippen molar-refractivity contribution in [2.45, 2.75) is 33.2 Å². The van der Waals surface area contributed by atoms with Crippen LogP contribution in [0.15, 0.2) is 36.5 Å². The summed E-state index contributed by atoms with van der Waals surface area (Å²) in [5.74, 6) is 1.17. The summed E-state index contributed by atoms with van der Waals surface area (Å²) in [6, 6.07) is 9.88. The van der Waals surface area contributed by atoms with E-state index in [1.54, 1.807) is 0 Å². The average molecular weight is 305 g/mol. The van der Waals surface area contributed by atoms with E-state index in [1.807, 2.05) is 43.5 Å². The molecule has 1 aromatic heterocycles. The van der Waals surface area contributed by atoms with Gasteiger partial charge in [-0.15, -0.1) is 0 Å². The molecule has 0 amide bonds. The van der Waals surface area contributed by atoms with Gasteiger partial charge in [0.2, 0.25) is 5.88 Å². The van der Waals surface area contributed by atoms with Crippen LogP contribution in [0.25, 0.3) is 0 Å². The predicted octanol–water partition coefficient (Wildman–Crippen LogP) is 4.90. The van der Waals surface area contributed by atoms with Crippen molar-refractivity contribution in [3.05, 3.63) is 52.7 Å². The highest BCUT2D eigenvalue weighted by Gasteiger charge is 2.07. The van der Waals surface area contributed by atoms with Gasteiger partial charge in [0, 0.05) is 18.3 Å². The lowest BCUT2D eigenvalue weighted by atomic mass is 10.1. The van der Waals surface area contributed by atoms with Crippen LogP contribution in [-0.2, 0) is 0 Å². The number of ether oxygens (including phenoxy) is 1. The Hall–Kier alpha value is -1.58. The van der Waals surface area contributed by atoms with E-state index in [9.17, 15) is 0 Å². The SMILES string of the molecule is CCCNC(C)c1ccc(Oc2ccc(C)cc2Cl)nc1. The molecule has 21 heavy (non-hydrogen) atoms. The van der Waals surface area contributed by atoms with E-state index in [-0.39, 0.29) is 6.04 Å². The van der Waals surface area contributed by atoms with Gasteiger partial charge >= 0.3 is 0 Å². The maximum atomic E-state index is 6.16. The van der Waals surface area contributed by atoms with Crippen molar-refractivity contribution in [3.8, 4) is 11.6 Å². The number of hydrogen-bond donors (Lipinski definition) is 1. The molecule has 1 unspecified atom stereocenters. The molecular formula is C17H21ClN2O. The van der Waals surface area contributed by atoms with Crippen molar-refractivity contribution in [3.63, 3.8) is 0 Å². The van der Waals surface area contributed by atoms with Crippen LogP contribution >= 0.6 is 11.6 Å². The molecule has 112 valence electrons. The fraction of sp³-hybridized carbons (Fsp3) is 0.353. The van der Waals surface area contributed by atoms with Crippen LogP contribution in [0.1, 0.15) is 37.4 Å². The van der Waals surface area contributed by atoms with Gasteiger partial charge in [-0.25, -0.2) is 4.98 Å². The first-order chi connectivity index (χ1) is 10.1. The minimum absolute atomic E-state index is 0.287. The number of aromatic nitrogens is 1. The number of benzene rings is 1. The van der Waals surface area contributed by atoms with Gasteiger partial charge in [0.25, 0.3) is 0 Å². The van der Waals surface area contributed by atoms with Gasteiger partial charge in [-0.2, -0.15) is 0 Å². The first-order valence-corrected chi connectivity index (χ1v) is 7.61. The monoisotopic (exact) mass is 304 g/mol. The molecule has 1 aromatic carbocycles. The van der Waals surface area contributed by atoms with E-state index in [0.29, 0.717) is 16.7 Å². The molecule has 3 nitrogen and oxygen atoms in total. The van der Waals surface area contributed by atoms with E-state index < -0.39 is 0 Å². The molecule has 0 saturated carbocycles. The Balaban J connectivity index is 2.05. The minimum Gasteiger partial charge on any atom is -0.437 e. The Morgan fingerprint density at radius 3 is 2.71 bits per heavy atom. The van der Waals surface area contributed by atoms with Crippen molar-refractivity contribution < 1.29 is 4.74 Å². The Labute approximate surface area is 131 Å². The molecular weight excluding hydrogens is 284 g/mol. The Kier molecular flexibility index (Phi) is 5.59. The quantitative estimate of drug-likeness (QED) is 0.824. The molecule has 1 heterocycles. The number of nitrogens with one attached hydrogen (secondary N) is 1. The molecule has 1 atom stereocenters. The molecule has 0 fully saturated rings. The lowest BCUT2D eigenvalue weighted by molar-refractivity contribution is 0.461.